The highest BCUT2D eigenvalue weighted by Crippen LogP contribution is 2.20. The topological polar surface area (TPSA) is 128 Å². The van der Waals surface area contributed by atoms with Gasteiger partial charge in [0.1, 0.15) is 17.6 Å². The number of hydrogen-bond donors (Lipinski definition) is 2. The van der Waals surface area contributed by atoms with Gasteiger partial charge in [0.25, 0.3) is 5.91 Å². The van der Waals surface area contributed by atoms with Crippen molar-refractivity contribution in [3.63, 3.8) is 0 Å². The van der Waals surface area contributed by atoms with Crippen LogP contribution >= 0.6 is 0 Å². The highest BCUT2D eigenvalue weighted by molar-refractivity contribution is 5.97. The van der Waals surface area contributed by atoms with E-state index in [0.29, 0.717) is 16.9 Å². The van der Waals surface area contributed by atoms with Crippen molar-refractivity contribution in [3.8, 4) is 5.75 Å². The van der Waals surface area contributed by atoms with Gasteiger partial charge in [-0.2, -0.15) is 0 Å². The number of ether oxygens (including phenoxy) is 1. The van der Waals surface area contributed by atoms with E-state index < -0.39 is 5.97 Å². The summed E-state index contributed by atoms with van der Waals surface area (Å²) in [5, 5.41) is 3.08. The number of nitrogens with one attached hydrogen (secondary N) is 1. The smallest absolute Gasteiger partial charge is 0.308 e. The fourth-order valence-corrected chi connectivity index (χ4v) is 3.99. The number of amides is 1. The van der Waals surface area contributed by atoms with Crippen molar-refractivity contribution in [2.24, 2.45) is 0 Å². The number of rotatable bonds is 7. The second-order valence-corrected chi connectivity index (χ2v) is 7.90. The quantitative estimate of drug-likeness (QED) is 0.421. The molecule has 0 atom stereocenters. The molecule has 1 aliphatic rings. The summed E-state index contributed by atoms with van der Waals surface area (Å²) in [5.41, 5.74) is 7.61. The van der Waals surface area contributed by atoms with E-state index in [0.717, 1.165) is 51.1 Å². The highest BCUT2D eigenvalue weighted by Gasteiger charge is 2.22. The van der Waals surface area contributed by atoms with Gasteiger partial charge in [-0.25, -0.2) is 15.0 Å². The minimum atomic E-state index is -0.446. The molecule has 0 saturated carbocycles. The third-order valence-electron chi connectivity index (χ3n) is 5.61. The Balaban J connectivity index is 1.24. The Morgan fingerprint density at radius 1 is 1.16 bits per heavy atom. The maximum absolute atomic E-state index is 12.7. The number of aromatic nitrogens is 4. The fourth-order valence-electron chi connectivity index (χ4n) is 3.99. The first-order valence-corrected chi connectivity index (χ1v) is 10.7. The Morgan fingerprint density at radius 3 is 2.72 bits per heavy atom. The molecule has 3 aromatic rings. The van der Waals surface area contributed by atoms with Crippen LogP contribution in [0.25, 0.3) is 11.2 Å². The van der Waals surface area contributed by atoms with Crippen LogP contribution < -0.4 is 15.8 Å². The molecule has 0 aliphatic carbocycles. The third-order valence-corrected chi connectivity index (χ3v) is 5.61. The molecule has 4 rings (SSSR count). The van der Waals surface area contributed by atoms with Crippen LogP contribution in [0.2, 0.25) is 0 Å². The van der Waals surface area contributed by atoms with E-state index in [2.05, 4.69) is 25.2 Å². The van der Waals surface area contributed by atoms with Crippen LogP contribution in [0.15, 0.2) is 36.9 Å². The summed E-state index contributed by atoms with van der Waals surface area (Å²) >= 11 is 0. The van der Waals surface area contributed by atoms with E-state index in [9.17, 15) is 9.59 Å². The van der Waals surface area contributed by atoms with E-state index in [1.54, 1.807) is 30.6 Å². The first-order valence-electron chi connectivity index (χ1n) is 10.7. The number of aryl methyl sites for hydroxylation is 1. The van der Waals surface area contributed by atoms with Crippen molar-refractivity contribution >= 4 is 28.9 Å². The number of para-hydroxylation sites is 1. The van der Waals surface area contributed by atoms with Crippen LogP contribution in [0.5, 0.6) is 5.75 Å². The van der Waals surface area contributed by atoms with Gasteiger partial charge in [0.2, 0.25) is 0 Å². The molecule has 168 valence electrons. The Labute approximate surface area is 185 Å². The molecule has 2 aromatic heterocycles. The number of hydrogen-bond acceptors (Lipinski definition) is 8. The first-order chi connectivity index (χ1) is 15.5. The van der Waals surface area contributed by atoms with Crippen LogP contribution in [-0.2, 0) is 11.3 Å². The van der Waals surface area contributed by atoms with Gasteiger partial charge in [0.05, 0.1) is 11.9 Å². The number of benzene rings is 1. The van der Waals surface area contributed by atoms with Crippen LogP contribution in [-0.4, -0.2) is 62.0 Å². The lowest BCUT2D eigenvalue weighted by atomic mass is 10.0. The number of nitrogens with two attached hydrogens (primary N) is 1. The highest BCUT2D eigenvalue weighted by atomic mass is 16.5. The maximum Gasteiger partial charge on any atom is 0.308 e. The van der Waals surface area contributed by atoms with Gasteiger partial charge in [0, 0.05) is 32.6 Å². The molecular formula is C22H27N7O3. The van der Waals surface area contributed by atoms with E-state index in [-0.39, 0.29) is 17.7 Å². The summed E-state index contributed by atoms with van der Waals surface area (Å²) in [6, 6.07) is 6.89. The Bertz CT molecular complexity index is 1110. The summed E-state index contributed by atoms with van der Waals surface area (Å²) in [6.07, 6.45) is 5.92. The summed E-state index contributed by atoms with van der Waals surface area (Å²) in [7, 11) is 0. The number of likely N-dealkylation sites (tertiary alicyclic amines) is 1. The van der Waals surface area contributed by atoms with Crippen LogP contribution in [0, 0.1) is 0 Å². The first kappa shape index (κ1) is 21.7. The van der Waals surface area contributed by atoms with E-state index in [1.807, 2.05) is 4.57 Å². The van der Waals surface area contributed by atoms with E-state index >= 15 is 0 Å². The van der Waals surface area contributed by atoms with Gasteiger partial charge in [-0.3, -0.25) is 9.59 Å². The molecule has 1 amide bonds. The minimum Gasteiger partial charge on any atom is -0.426 e. The number of piperidine rings is 1. The van der Waals surface area contributed by atoms with Crippen molar-refractivity contribution in [3.05, 3.63) is 42.5 Å². The third kappa shape index (κ3) is 5.02. The number of imidazole rings is 1. The Morgan fingerprint density at radius 2 is 1.94 bits per heavy atom. The summed E-state index contributed by atoms with van der Waals surface area (Å²) in [6.45, 7) is 4.91. The molecule has 3 N–H and O–H groups in total. The fraction of sp³-hybridized carbons (Fsp3) is 0.409. The SMILES string of the molecule is CC(=O)Oc1ccccc1C(=O)NC1CCN(CCCn2cnc3c(N)ncnc32)CC1. The summed E-state index contributed by atoms with van der Waals surface area (Å²) in [4.78, 5) is 38.9. The predicted octanol–water partition coefficient (Wildman–Crippen LogP) is 1.62. The zero-order valence-electron chi connectivity index (χ0n) is 18.0. The zero-order chi connectivity index (χ0) is 22.5. The molecule has 1 saturated heterocycles. The standard InChI is InChI=1S/C22H27N7O3/c1-15(30)32-18-6-3-2-5-17(18)22(31)27-16-7-11-28(12-8-16)9-4-10-29-14-26-19-20(23)24-13-25-21(19)29/h2-3,5-6,13-14,16H,4,7-12H2,1H3,(H,27,31)(H2,23,24,25). The van der Waals surface area contributed by atoms with Gasteiger partial charge >= 0.3 is 5.97 Å². The number of nitrogen functional groups attached to an aromatic ring is 1. The van der Waals surface area contributed by atoms with Crippen molar-refractivity contribution in [1.29, 1.82) is 0 Å². The van der Waals surface area contributed by atoms with Gasteiger partial charge in [0.15, 0.2) is 11.5 Å². The van der Waals surface area contributed by atoms with Crippen molar-refractivity contribution in [1.82, 2.24) is 29.7 Å². The van der Waals surface area contributed by atoms with Gasteiger partial charge in [-0.1, -0.05) is 12.1 Å². The lowest BCUT2D eigenvalue weighted by Gasteiger charge is -2.32. The number of fused-ring (bicyclic) bond motifs is 1. The summed E-state index contributed by atoms with van der Waals surface area (Å²) < 4.78 is 7.15. The number of carbonyl (C=O) groups excluding carboxylic acids is 2. The molecule has 3 heterocycles. The van der Waals surface area contributed by atoms with E-state index in [4.69, 9.17) is 10.5 Å². The van der Waals surface area contributed by atoms with Crippen LogP contribution in [0.3, 0.4) is 0 Å². The molecule has 32 heavy (non-hydrogen) atoms. The number of anilines is 1. The van der Waals surface area contributed by atoms with Crippen LogP contribution in [0.4, 0.5) is 5.82 Å². The van der Waals surface area contributed by atoms with Crippen molar-refractivity contribution in [2.45, 2.75) is 38.8 Å². The average molecular weight is 438 g/mol. The number of carbonyl (C=O) groups is 2. The molecule has 0 spiro atoms. The zero-order valence-corrected chi connectivity index (χ0v) is 18.0. The Kier molecular flexibility index (Phi) is 6.60. The molecule has 1 aliphatic heterocycles. The number of nitrogens with zero attached hydrogens (tertiary/aromatic N) is 5. The second kappa shape index (κ2) is 9.73. The average Bonchev–Trinajstić information content (AvgIpc) is 3.19. The molecule has 0 radical (unpaired) electrons. The molecule has 0 unspecified atom stereocenters. The van der Waals surface area contributed by atoms with Gasteiger partial charge in [-0.05, 0) is 37.9 Å². The second-order valence-electron chi connectivity index (χ2n) is 7.90. The van der Waals surface area contributed by atoms with Gasteiger partial charge in [-0.15, -0.1) is 0 Å². The largest absolute Gasteiger partial charge is 0.426 e. The monoisotopic (exact) mass is 437 g/mol. The predicted molar refractivity (Wildman–Crippen MR) is 119 cm³/mol. The molecule has 1 fully saturated rings. The number of esters is 1. The molecule has 1 aromatic carbocycles. The lowest BCUT2D eigenvalue weighted by molar-refractivity contribution is -0.131. The lowest BCUT2D eigenvalue weighted by Crippen LogP contribution is -2.45. The molecule has 10 heteroatoms. The maximum atomic E-state index is 12.7. The molecule has 10 nitrogen and oxygen atoms in total. The summed E-state index contributed by atoms with van der Waals surface area (Å²) in [5.74, 6) is 0.0223. The van der Waals surface area contributed by atoms with Crippen molar-refractivity contribution < 1.29 is 14.3 Å². The van der Waals surface area contributed by atoms with Gasteiger partial charge < -0.3 is 25.3 Å². The minimum absolute atomic E-state index is 0.0985. The van der Waals surface area contributed by atoms with E-state index in [1.165, 1.54) is 13.3 Å². The van der Waals surface area contributed by atoms with Crippen molar-refractivity contribution in [2.75, 3.05) is 25.4 Å². The normalized spacial score (nSPS) is 15.0. The molecule has 0 bridgehead atoms. The molecular weight excluding hydrogens is 410 g/mol. The Hall–Kier alpha value is -3.53. The van der Waals surface area contributed by atoms with Crippen LogP contribution in [0.1, 0.15) is 36.5 Å².